The lowest BCUT2D eigenvalue weighted by atomic mass is 9.58. The van der Waals surface area contributed by atoms with E-state index in [0.717, 1.165) is 38.4 Å². The summed E-state index contributed by atoms with van der Waals surface area (Å²) in [6.07, 6.45) is 2.30. The topological polar surface area (TPSA) is 24.5 Å². The number of anilines is 1. The van der Waals surface area contributed by atoms with Crippen LogP contribution < -0.4 is 15.0 Å². The van der Waals surface area contributed by atoms with Crippen LogP contribution in [0.2, 0.25) is 0 Å². The molecule has 1 N–H and O–H groups in total. The molecule has 0 aliphatic carbocycles. The van der Waals surface area contributed by atoms with Gasteiger partial charge in [0.15, 0.2) is 0 Å². The minimum atomic E-state index is 0.112. The van der Waals surface area contributed by atoms with Crippen LogP contribution in [0.25, 0.3) is 11.1 Å². The summed E-state index contributed by atoms with van der Waals surface area (Å²) in [6, 6.07) is 16.0. The van der Waals surface area contributed by atoms with E-state index in [2.05, 4.69) is 73.5 Å². The normalized spacial score (nSPS) is 26.8. The molecule has 0 bridgehead atoms. The predicted octanol–water partition coefficient (Wildman–Crippen LogP) is 4.60. The lowest BCUT2D eigenvalue weighted by molar-refractivity contribution is 0.123. The highest BCUT2D eigenvalue weighted by Gasteiger charge is 2.58. The van der Waals surface area contributed by atoms with E-state index in [1.54, 1.807) is 0 Å². The molecular formula is C24H30N2O. The van der Waals surface area contributed by atoms with Crippen molar-refractivity contribution in [3.05, 3.63) is 48.0 Å². The minimum absolute atomic E-state index is 0.112. The van der Waals surface area contributed by atoms with Gasteiger partial charge in [0.05, 0.1) is 12.3 Å². The summed E-state index contributed by atoms with van der Waals surface area (Å²) in [6.45, 7) is 11.3. The van der Waals surface area contributed by atoms with Gasteiger partial charge in [0.25, 0.3) is 0 Å². The van der Waals surface area contributed by atoms with Crippen molar-refractivity contribution in [1.82, 2.24) is 5.32 Å². The van der Waals surface area contributed by atoms with Gasteiger partial charge in [-0.2, -0.15) is 0 Å². The first-order valence-electron chi connectivity index (χ1n) is 10.4. The van der Waals surface area contributed by atoms with Crippen molar-refractivity contribution >= 4 is 5.69 Å². The van der Waals surface area contributed by atoms with E-state index in [1.165, 1.54) is 28.8 Å². The summed E-state index contributed by atoms with van der Waals surface area (Å²) < 4.78 is 6.30. The monoisotopic (exact) mass is 362 g/mol. The van der Waals surface area contributed by atoms with E-state index in [1.807, 2.05) is 0 Å². The number of benzene rings is 2. The molecular weight excluding hydrogens is 332 g/mol. The molecule has 2 aromatic carbocycles. The minimum Gasteiger partial charge on any atom is -0.491 e. The van der Waals surface area contributed by atoms with E-state index in [-0.39, 0.29) is 10.8 Å². The molecule has 27 heavy (non-hydrogen) atoms. The molecule has 2 aromatic rings. The fourth-order valence-corrected chi connectivity index (χ4v) is 5.75. The van der Waals surface area contributed by atoms with Gasteiger partial charge in [-0.3, -0.25) is 0 Å². The highest BCUT2D eigenvalue weighted by Crippen LogP contribution is 2.59. The van der Waals surface area contributed by atoms with Gasteiger partial charge in [-0.15, -0.1) is 0 Å². The van der Waals surface area contributed by atoms with Crippen LogP contribution in [0.15, 0.2) is 42.5 Å². The van der Waals surface area contributed by atoms with Crippen LogP contribution in [0.1, 0.15) is 39.2 Å². The van der Waals surface area contributed by atoms with Gasteiger partial charge in [0.2, 0.25) is 0 Å². The molecule has 3 heterocycles. The summed E-state index contributed by atoms with van der Waals surface area (Å²) in [5.74, 6) is 1.09. The molecule has 2 atom stereocenters. The number of piperidine rings is 1. The van der Waals surface area contributed by atoms with Crippen LogP contribution in [0, 0.1) is 5.41 Å². The van der Waals surface area contributed by atoms with Gasteiger partial charge in [-0.25, -0.2) is 0 Å². The number of hydrogen-bond acceptors (Lipinski definition) is 3. The van der Waals surface area contributed by atoms with Crippen LogP contribution in [0.4, 0.5) is 5.69 Å². The zero-order chi connectivity index (χ0) is 18.6. The summed E-state index contributed by atoms with van der Waals surface area (Å²) in [5, 5.41) is 3.74. The largest absolute Gasteiger partial charge is 0.491 e. The molecule has 0 amide bonds. The molecule has 1 saturated heterocycles. The third-order valence-corrected chi connectivity index (χ3v) is 7.03. The SMILES string of the molecule is CC(C)(C)[C@@]12CNCC[C@@H]1N1CCCOc3cc(-c4ccccc4)cc2c31. The third kappa shape index (κ3) is 2.37. The fraction of sp³-hybridized carbons (Fsp3) is 0.500. The molecule has 0 saturated carbocycles. The van der Waals surface area contributed by atoms with Gasteiger partial charge < -0.3 is 15.0 Å². The number of rotatable bonds is 1. The van der Waals surface area contributed by atoms with Crippen LogP contribution in [-0.2, 0) is 5.41 Å². The summed E-state index contributed by atoms with van der Waals surface area (Å²) in [7, 11) is 0. The molecule has 3 aliphatic heterocycles. The average Bonchev–Trinajstić information content (AvgIpc) is 2.81. The number of hydrogen-bond donors (Lipinski definition) is 1. The second-order valence-corrected chi connectivity index (χ2v) is 9.33. The number of ether oxygens (including phenoxy) is 1. The molecule has 0 unspecified atom stereocenters. The van der Waals surface area contributed by atoms with E-state index in [4.69, 9.17) is 4.74 Å². The van der Waals surface area contributed by atoms with E-state index in [9.17, 15) is 0 Å². The second kappa shape index (κ2) is 6.00. The van der Waals surface area contributed by atoms with E-state index in [0.29, 0.717) is 6.04 Å². The van der Waals surface area contributed by atoms with Crippen molar-refractivity contribution in [3.8, 4) is 16.9 Å². The maximum absolute atomic E-state index is 6.30. The van der Waals surface area contributed by atoms with Crippen molar-refractivity contribution in [2.24, 2.45) is 5.41 Å². The summed E-state index contributed by atoms with van der Waals surface area (Å²) in [5.41, 5.74) is 5.69. The Balaban J connectivity index is 1.79. The molecule has 0 radical (unpaired) electrons. The third-order valence-electron chi connectivity index (χ3n) is 7.03. The predicted molar refractivity (Wildman–Crippen MR) is 112 cm³/mol. The van der Waals surface area contributed by atoms with Crippen molar-refractivity contribution < 1.29 is 4.74 Å². The first-order valence-corrected chi connectivity index (χ1v) is 10.4. The lowest BCUT2D eigenvalue weighted by Crippen LogP contribution is -2.61. The van der Waals surface area contributed by atoms with Crippen molar-refractivity contribution in [2.75, 3.05) is 31.1 Å². The Bertz CT molecular complexity index is 855. The van der Waals surface area contributed by atoms with Crippen molar-refractivity contribution in [1.29, 1.82) is 0 Å². The molecule has 0 aromatic heterocycles. The maximum Gasteiger partial charge on any atom is 0.143 e. The van der Waals surface area contributed by atoms with Crippen LogP contribution >= 0.6 is 0 Å². The van der Waals surface area contributed by atoms with Gasteiger partial charge in [0, 0.05) is 24.5 Å². The molecule has 1 fully saturated rings. The smallest absolute Gasteiger partial charge is 0.143 e. The van der Waals surface area contributed by atoms with Gasteiger partial charge >= 0.3 is 0 Å². The quantitative estimate of drug-likeness (QED) is 0.802. The molecule has 3 nitrogen and oxygen atoms in total. The van der Waals surface area contributed by atoms with Crippen molar-refractivity contribution in [3.63, 3.8) is 0 Å². The Morgan fingerprint density at radius 3 is 2.70 bits per heavy atom. The van der Waals surface area contributed by atoms with E-state index >= 15 is 0 Å². The van der Waals surface area contributed by atoms with Crippen LogP contribution in [0.3, 0.4) is 0 Å². The molecule has 0 spiro atoms. The van der Waals surface area contributed by atoms with Crippen molar-refractivity contribution in [2.45, 2.75) is 45.1 Å². The highest BCUT2D eigenvalue weighted by molar-refractivity contribution is 5.80. The molecule has 3 aliphatic rings. The zero-order valence-corrected chi connectivity index (χ0v) is 16.7. The Morgan fingerprint density at radius 2 is 1.93 bits per heavy atom. The Labute approximate surface area is 162 Å². The highest BCUT2D eigenvalue weighted by atomic mass is 16.5. The molecule has 3 heteroatoms. The standard InChI is InChI=1S/C24H30N2O/c1-23(2,3)24-16-25-11-10-21(24)26-12-7-13-27-20-15-18(14-19(24)22(20)26)17-8-5-4-6-9-17/h4-6,8-9,14-15,21,25H,7,10-13,16H2,1-3H3/t21-,24+/m0/s1. The van der Waals surface area contributed by atoms with E-state index < -0.39 is 0 Å². The van der Waals surface area contributed by atoms with Gasteiger partial charge in [-0.05, 0) is 53.6 Å². The lowest BCUT2D eigenvalue weighted by Gasteiger charge is -2.51. The number of nitrogens with one attached hydrogen (secondary N) is 1. The average molecular weight is 363 g/mol. The Kier molecular flexibility index (Phi) is 3.80. The fourth-order valence-electron chi connectivity index (χ4n) is 5.75. The molecule has 5 rings (SSSR count). The first kappa shape index (κ1) is 17.1. The number of fused-ring (bicyclic) bond motifs is 3. The van der Waals surface area contributed by atoms with Gasteiger partial charge in [0.1, 0.15) is 5.75 Å². The maximum atomic E-state index is 6.30. The summed E-state index contributed by atoms with van der Waals surface area (Å²) >= 11 is 0. The van der Waals surface area contributed by atoms with Crippen LogP contribution in [0.5, 0.6) is 5.75 Å². The first-order chi connectivity index (χ1) is 13.0. The molecule has 142 valence electrons. The Hall–Kier alpha value is -2.00. The summed E-state index contributed by atoms with van der Waals surface area (Å²) in [4.78, 5) is 2.69. The van der Waals surface area contributed by atoms with Gasteiger partial charge in [-0.1, -0.05) is 51.1 Å². The second-order valence-electron chi connectivity index (χ2n) is 9.33. The van der Waals surface area contributed by atoms with Crippen LogP contribution in [-0.4, -0.2) is 32.3 Å². The zero-order valence-electron chi connectivity index (χ0n) is 16.7. The number of nitrogens with zero attached hydrogens (tertiary/aromatic N) is 1. The Morgan fingerprint density at radius 1 is 1.11 bits per heavy atom.